The zero-order valence-corrected chi connectivity index (χ0v) is 8.76. The third-order valence-electron chi connectivity index (χ3n) is 1.04. The molecule has 0 aliphatic carbocycles. The second-order valence-electron chi connectivity index (χ2n) is 2.18. The predicted octanol–water partition coefficient (Wildman–Crippen LogP) is 1.71. The van der Waals surface area contributed by atoms with E-state index in [2.05, 4.69) is 6.92 Å². The lowest BCUT2D eigenvalue weighted by molar-refractivity contribution is 0.0777. The molecule has 0 radical (unpaired) electrons. The molecule has 0 bridgehead atoms. The maximum Gasteiger partial charge on any atom is 0.0700 e. The van der Waals surface area contributed by atoms with Crippen LogP contribution >= 0.6 is 0 Å². The summed E-state index contributed by atoms with van der Waals surface area (Å²) in [5, 5.41) is 0. The summed E-state index contributed by atoms with van der Waals surface area (Å²) in [5.74, 6) is 0. The quantitative estimate of drug-likeness (QED) is 0.579. The Balaban J connectivity index is 0. The van der Waals surface area contributed by atoms with Gasteiger partial charge >= 0.3 is 0 Å². The van der Waals surface area contributed by atoms with Crippen molar-refractivity contribution in [3.8, 4) is 0 Å². The summed E-state index contributed by atoms with van der Waals surface area (Å²) in [4.78, 5) is 0. The Hall–Kier alpha value is -0.120. The van der Waals surface area contributed by atoms with Crippen molar-refractivity contribution in [2.45, 2.75) is 20.3 Å². The molecule has 0 atom stereocenters. The summed E-state index contributed by atoms with van der Waals surface area (Å²) in [7, 11) is 3.38. The van der Waals surface area contributed by atoms with Gasteiger partial charge in [0, 0.05) is 27.4 Å². The lowest BCUT2D eigenvalue weighted by atomic mass is 10.5. The minimum atomic E-state index is 0.702. The van der Waals surface area contributed by atoms with Gasteiger partial charge in [0.1, 0.15) is 0 Å². The summed E-state index contributed by atoms with van der Waals surface area (Å²) in [6.45, 7) is 7.14. The molecule has 0 saturated heterocycles. The Morgan fingerprint density at radius 1 is 0.833 bits per heavy atom. The molecule has 0 rings (SSSR count). The van der Waals surface area contributed by atoms with E-state index < -0.39 is 0 Å². The van der Waals surface area contributed by atoms with Crippen LogP contribution in [0.4, 0.5) is 0 Å². The minimum absolute atomic E-state index is 0.702. The van der Waals surface area contributed by atoms with E-state index in [1.165, 1.54) is 0 Å². The van der Waals surface area contributed by atoms with E-state index in [0.29, 0.717) is 13.2 Å². The van der Waals surface area contributed by atoms with Crippen molar-refractivity contribution in [3.05, 3.63) is 0 Å². The van der Waals surface area contributed by atoms with Crippen molar-refractivity contribution in [1.29, 1.82) is 0 Å². The molecule has 0 heterocycles. The molecule has 76 valence electrons. The molecule has 3 heteroatoms. The summed E-state index contributed by atoms with van der Waals surface area (Å²) < 4.78 is 14.4. The number of ether oxygens (including phenoxy) is 3. The first-order chi connectivity index (χ1) is 5.83. The zero-order chi connectivity index (χ0) is 9.66. The van der Waals surface area contributed by atoms with Gasteiger partial charge in [-0.3, -0.25) is 0 Å². The molecule has 0 N–H and O–H groups in total. The van der Waals surface area contributed by atoms with E-state index in [0.717, 1.165) is 19.6 Å². The van der Waals surface area contributed by atoms with Crippen LogP contribution < -0.4 is 0 Å². The van der Waals surface area contributed by atoms with E-state index in [4.69, 9.17) is 14.2 Å². The minimum Gasteiger partial charge on any atom is -0.385 e. The van der Waals surface area contributed by atoms with Gasteiger partial charge in [0.05, 0.1) is 13.2 Å². The van der Waals surface area contributed by atoms with Crippen molar-refractivity contribution in [1.82, 2.24) is 0 Å². The van der Waals surface area contributed by atoms with E-state index >= 15 is 0 Å². The van der Waals surface area contributed by atoms with Crippen LogP contribution in [0.2, 0.25) is 0 Å². The highest BCUT2D eigenvalue weighted by Crippen LogP contribution is 1.71. The van der Waals surface area contributed by atoms with Crippen LogP contribution in [0.25, 0.3) is 0 Å². The van der Waals surface area contributed by atoms with Gasteiger partial charge in [-0.1, -0.05) is 6.92 Å². The maximum absolute atomic E-state index is 4.95. The molecule has 0 spiro atoms. The van der Waals surface area contributed by atoms with Gasteiger partial charge in [-0.15, -0.1) is 0 Å². The Morgan fingerprint density at radius 2 is 1.42 bits per heavy atom. The van der Waals surface area contributed by atoms with Crippen LogP contribution in [0.3, 0.4) is 0 Å². The van der Waals surface area contributed by atoms with Gasteiger partial charge in [-0.25, -0.2) is 0 Å². The molecule has 0 fully saturated rings. The molecule has 0 aromatic carbocycles. The third-order valence-corrected chi connectivity index (χ3v) is 1.04. The molecule has 0 unspecified atom stereocenters. The number of hydrogen-bond donors (Lipinski definition) is 0. The molecular formula is C9H22O3. The summed E-state index contributed by atoms with van der Waals surface area (Å²) >= 11 is 0. The lowest BCUT2D eigenvalue weighted by Gasteiger charge is -1.96. The fourth-order valence-electron chi connectivity index (χ4n) is 0.491. The van der Waals surface area contributed by atoms with Crippen LogP contribution in [-0.4, -0.2) is 40.6 Å². The number of hydrogen-bond acceptors (Lipinski definition) is 3. The Labute approximate surface area is 76.0 Å². The standard InChI is InChI=1S/C5H12O2.C4H10O/c1-3-7-5-4-6-2;1-3-4-5-2/h3-5H2,1-2H3;3-4H2,1-2H3. The van der Waals surface area contributed by atoms with Crippen LogP contribution in [-0.2, 0) is 14.2 Å². The van der Waals surface area contributed by atoms with Crippen LogP contribution in [0.15, 0.2) is 0 Å². The van der Waals surface area contributed by atoms with Gasteiger partial charge in [0.15, 0.2) is 0 Å². The third kappa shape index (κ3) is 22.5. The monoisotopic (exact) mass is 178 g/mol. The van der Waals surface area contributed by atoms with Crippen molar-refractivity contribution >= 4 is 0 Å². The van der Waals surface area contributed by atoms with E-state index in [1.54, 1.807) is 14.2 Å². The highest BCUT2D eigenvalue weighted by Gasteiger charge is 1.78. The van der Waals surface area contributed by atoms with Gasteiger partial charge in [-0.2, -0.15) is 0 Å². The van der Waals surface area contributed by atoms with E-state index in [-0.39, 0.29) is 0 Å². The lowest BCUT2D eigenvalue weighted by Crippen LogP contribution is -2.00. The first-order valence-electron chi connectivity index (χ1n) is 4.39. The van der Waals surface area contributed by atoms with Crippen LogP contribution in [0, 0.1) is 0 Å². The molecule has 12 heavy (non-hydrogen) atoms. The fourth-order valence-corrected chi connectivity index (χ4v) is 0.491. The summed E-state index contributed by atoms with van der Waals surface area (Å²) in [5.41, 5.74) is 0. The first kappa shape index (κ1) is 14.4. The highest BCUT2D eigenvalue weighted by atomic mass is 16.5. The Kier molecular flexibility index (Phi) is 20.5. The average molecular weight is 178 g/mol. The van der Waals surface area contributed by atoms with E-state index in [9.17, 15) is 0 Å². The van der Waals surface area contributed by atoms with Crippen molar-refractivity contribution in [2.24, 2.45) is 0 Å². The van der Waals surface area contributed by atoms with Crippen molar-refractivity contribution in [3.63, 3.8) is 0 Å². The van der Waals surface area contributed by atoms with Crippen LogP contribution in [0.1, 0.15) is 20.3 Å². The smallest absolute Gasteiger partial charge is 0.0700 e. The second-order valence-corrected chi connectivity index (χ2v) is 2.18. The summed E-state index contributed by atoms with van der Waals surface area (Å²) in [6, 6.07) is 0. The van der Waals surface area contributed by atoms with Gasteiger partial charge in [0.2, 0.25) is 0 Å². The second kappa shape index (κ2) is 17.1. The van der Waals surface area contributed by atoms with Crippen molar-refractivity contribution < 1.29 is 14.2 Å². The number of methoxy groups -OCH3 is 2. The van der Waals surface area contributed by atoms with Gasteiger partial charge < -0.3 is 14.2 Å². The Bertz CT molecular complexity index is 51.7. The van der Waals surface area contributed by atoms with Crippen molar-refractivity contribution in [2.75, 3.05) is 40.6 Å². The fraction of sp³-hybridized carbons (Fsp3) is 1.00. The van der Waals surface area contributed by atoms with E-state index in [1.807, 2.05) is 6.92 Å². The maximum atomic E-state index is 4.95. The predicted molar refractivity (Wildman–Crippen MR) is 50.5 cm³/mol. The largest absolute Gasteiger partial charge is 0.385 e. The molecule has 0 aromatic rings. The average Bonchev–Trinajstić information content (AvgIpc) is 2.08. The molecule has 0 saturated carbocycles. The zero-order valence-electron chi connectivity index (χ0n) is 8.76. The molecule has 0 aromatic heterocycles. The Morgan fingerprint density at radius 3 is 1.67 bits per heavy atom. The topological polar surface area (TPSA) is 27.7 Å². The molecular weight excluding hydrogens is 156 g/mol. The summed E-state index contributed by atoms with van der Waals surface area (Å²) in [6.07, 6.45) is 1.12. The normalized spacial score (nSPS) is 9.00. The van der Waals surface area contributed by atoms with Gasteiger partial charge in [0.25, 0.3) is 0 Å². The number of rotatable bonds is 6. The highest BCUT2D eigenvalue weighted by molar-refractivity contribution is 4.21. The first-order valence-corrected chi connectivity index (χ1v) is 4.39. The molecule has 0 aliphatic heterocycles. The molecule has 0 amide bonds. The SMILES string of the molecule is CCCOC.CCOCCOC. The molecule has 3 nitrogen and oxygen atoms in total. The van der Waals surface area contributed by atoms with Crippen LogP contribution in [0.5, 0.6) is 0 Å². The molecule has 0 aliphatic rings. The van der Waals surface area contributed by atoms with Gasteiger partial charge in [-0.05, 0) is 13.3 Å².